The Morgan fingerprint density at radius 3 is 2.81 bits per heavy atom. The predicted molar refractivity (Wildman–Crippen MR) is 99.5 cm³/mol. The molecule has 3 aromatic rings. The standard InChI is InChI=1S/C19H21N5O2/c1-13-5-6-14(21-19(25)23-7-3-4-8-23)9-16(13)17-12-24-11-15(26-2)10-20-18(24)22-17/h5-6,9-12H,3-4,7-8H2,1-2H3,(H,21,25). The molecule has 1 fully saturated rings. The first kappa shape index (κ1) is 16.4. The number of likely N-dealkylation sites (tertiary alicyclic amines) is 1. The predicted octanol–water partition coefficient (Wildman–Crippen LogP) is 3.34. The molecule has 0 bridgehead atoms. The third-order valence-electron chi connectivity index (χ3n) is 4.68. The number of ether oxygens (including phenoxy) is 1. The number of methoxy groups -OCH3 is 1. The third-order valence-corrected chi connectivity index (χ3v) is 4.68. The number of anilines is 1. The highest BCUT2D eigenvalue weighted by Crippen LogP contribution is 2.27. The van der Waals surface area contributed by atoms with Crippen molar-refractivity contribution in [3.05, 3.63) is 42.4 Å². The highest BCUT2D eigenvalue weighted by Gasteiger charge is 2.18. The number of fused-ring (bicyclic) bond motifs is 1. The Morgan fingerprint density at radius 1 is 1.23 bits per heavy atom. The summed E-state index contributed by atoms with van der Waals surface area (Å²) in [5, 5.41) is 2.99. The Hall–Kier alpha value is -3.09. The number of hydrogen-bond donors (Lipinski definition) is 1. The van der Waals surface area contributed by atoms with Crippen LogP contribution >= 0.6 is 0 Å². The number of amides is 2. The third kappa shape index (κ3) is 3.08. The van der Waals surface area contributed by atoms with Crippen molar-refractivity contribution in [3.63, 3.8) is 0 Å². The summed E-state index contributed by atoms with van der Waals surface area (Å²) in [4.78, 5) is 23.1. The van der Waals surface area contributed by atoms with E-state index in [4.69, 9.17) is 4.74 Å². The van der Waals surface area contributed by atoms with Crippen molar-refractivity contribution in [1.82, 2.24) is 19.3 Å². The summed E-state index contributed by atoms with van der Waals surface area (Å²) >= 11 is 0. The Morgan fingerprint density at radius 2 is 2.04 bits per heavy atom. The maximum atomic E-state index is 12.3. The van der Waals surface area contributed by atoms with Crippen LogP contribution in [0.4, 0.5) is 10.5 Å². The lowest BCUT2D eigenvalue weighted by atomic mass is 10.1. The molecule has 1 aliphatic heterocycles. The summed E-state index contributed by atoms with van der Waals surface area (Å²) in [6.45, 7) is 3.68. The highest BCUT2D eigenvalue weighted by molar-refractivity contribution is 5.90. The second-order valence-electron chi connectivity index (χ2n) is 6.48. The van der Waals surface area contributed by atoms with Crippen molar-refractivity contribution >= 4 is 17.5 Å². The van der Waals surface area contributed by atoms with Crippen LogP contribution in [0.15, 0.2) is 36.8 Å². The zero-order chi connectivity index (χ0) is 18.1. The quantitative estimate of drug-likeness (QED) is 0.785. The molecule has 4 rings (SSSR count). The van der Waals surface area contributed by atoms with E-state index in [1.807, 2.05) is 46.8 Å². The summed E-state index contributed by atoms with van der Waals surface area (Å²) in [7, 11) is 1.61. The van der Waals surface area contributed by atoms with Crippen LogP contribution < -0.4 is 10.1 Å². The summed E-state index contributed by atoms with van der Waals surface area (Å²) < 4.78 is 7.05. The minimum absolute atomic E-state index is 0.0429. The van der Waals surface area contributed by atoms with Gasteiger partial charge >= 0.3 is 6.03 Å². The van der Waals surface area contributed by atoms with E-state index in [0.29, 0.717) is 11.5 Å². The Bertz CT molecular complexity index is 960. The van der Waals surface area contributed by atoms with E-state index in [9.17, 15) is 4.79 Å². The SMILES string of the molecule is COc1cnc2nc(-c3cc(NC(=O)N4CCCC4)ccc3C)cn2c1. The Kier molecular flexibility index (Phi) is 4.20. The molecule has 0 radical (unpaired) electrons. The van der Waals surface area contributed by atoms with E-state index < -0.39 is 0 Å². The van der Waals surface area contributed by atoms with E-state index in [1.165, 1.54) is 0 Å². The van der Waals surface area contributed by atoms with E-state index in [-0.39, 0.29) is 6.03 Å². The number of carbonyl (C=O) groups excluding carboxylic acids is 1. The molecular weight excluding hydrogens is 330 g/mol. The molecule has 26 heavy (non-hydrogen) atoms. The smallest absolute Gasteiger partial charge is 0.321 e. The van der Waals surface area contributed by atoms with Crippen LogP contribution in [0.2, 0.25) is 0 Å². The molecular formula is C19H21N5O2. The molecule has 0 saturated carbocycles. The number of aromatic nitrogens is 3. The molecule has 134 valence electrons. The number of benzene rings is 1. The van der Waals surface area contributed by atoms with Gasteiger partial charge in [0.25, 0.3) is 0 Å². The van der Waals surface area contributed by atoms with Crippen molar-refractivity contribution in [1.29, 1.82) is 0 Å². The first-order valence-electron chi connectivity index (χ1n) is 8.70. The van der Waals surface area contributed by atoms with Crippen LogP contribution in [0.1, 0.15) is 18.4 Å². The number of aryl methyl sites for hydroxylation is 1. The second-order valence-corrected chi connectivity index (χ2v) is 6.48. The number of imidazole rings is 1. The largest absolute Gasteiger partial charge is 0.494 e. The van der Waals surface area contributed by atoms with Gasteiger partial charge in [0.2, 0.25) is 5.78 Å². The summed E-state index contributed by atoms with van der Waals surface area (Å²) in [6.07, 6.45) is 7.55. The van der Waals surface area contributed by atoms with Crippen LogP contribution in [0.25, 0.3) is 17.0 Å². The lowest BCUT2D eigenvalue weighted by molar-refractivity contribution is 0.222. The van der Waals surface area contributed by atoms with E-state index >= 15 is 0 Å². The molecule has 1 N–H and O–H groups in total. The molecule has 1 saturated heterocycles. The number of nitrogens with one attached hydrogen (secondary N) is 1. The molecule has 7 heteroatoms. The van der Waals surface area contributed by atoms with Gasteiger partial charge < -0.3 is 15.0 Å². The van der Waals surface area contributed by atoms with Crippen LogP contribution in [0, 0.1) is 6.92 Å². The highest BCUT2D eigenvalue weighted by atomic mass is 16.5. The van der Waals surface area contributed by atoms with Gasteiger partial charge in [0.1, 0.15) is 0 Å². The summed E-state index contributed by atoms with van der Waals surface area (Å²) in [5.41, 5.74) is 3.62. The first-order chi connectivity index (χ1) is 12.6. The van der Waals surface area contributed by atoms with E-state index in [0.717, 1.165) is 48.4 Å². The first-order valence-corrected chi connectivity index (χ1v) is 8.70. The van der Waals surface area contributed by atoms with Gasteiger partial charge in [0.15, 0.2) is 5.75 Å². The second kappa shape index (κ2) is 6.67. The number of carbonyl (C=O) groups is 1. The van der Waals surface area contributed by atoms with Gasteiger partial charge in [-0.1, -0.05) is 6.07 Å². The van der Waals surface area contributed by atoms with Gasteiger partial charge in [0, 0.05) is 30.5 Å². The maximum absolute atomic E-state index is 12.3. The van der Waals surface area contributed by atoms with Crippen molar-refractivity contribution in [2.24, 2.45) is 0 Å². The zero-order valence-corrected chi connectivity index (χ0v) is 14.9. The lowest BCUT2D eigenvalue weighted by Gasteiger charge is -2.16. The van der Waals surface area contributed by atoms with Gasteiger partial charge in [-0.3, -0.25) is 4.40 Å². The average molecular weight is 351 g/mol. The molecule has 0 unspecified atom stereocenters. The van der Waals surface area contributed by atoms with E-state index in [2.05, 4.69) is 15.3 Å². The number of hydrogen-bond acceptors (Lipinski definition) is 4. The molecule has 2 amide bonds. The minimum Gasteiger partial charge on any atom is -0.494 e. The van der Waals surface area contributed by atoms with Crippen LogP contribution in [-0.4, -0.2) is 45.5 Å². The Balaban J connectivity index is 1.64. The van der Waals surface area contributed by atoms with Gasteiger partial charge in [-0.25, -0.2) is 14.8 Å². The molecule has 7 nitrogen and oxygen atoms in total. The van der Waals surface area contributed by atoms with Crippen molar-refractivity contribution in [2.45, 2.75) is 19.8 Å². The van der Waals surface area contributed by atoms with Gasteiger partial charge in [-0.15, -0.1) is 0 Å². The summed E-state index contributed by atoms with van der Waals surface area (Å²) in [6, 6.07) is 5.83. The lowest BCUT2D eigenvalue weighted by Crippen LogP contribution is -2.32. The van der Waals surface area contributed by atoms with Crippen LogP contribution in [0.3, 0.4) is 0 Å². The van der Waals surface area contributed by atoms with Crippen molar-refractivity contribution in [2.75, 3.05) is 25.5 Å². The minimum atomic E-state index is -0.0429. The number of urea groups is 1. The van der Waals surface area contributed by atoms with Crippen LogP contribution in [0.5, 0.6) is 5.75 Å². The number of nitrogens with zero attached hydrogens (tertiary/aromatic N) is 4. The molecule has 1 aromatic carbocycles. The van der Waals surface area contributed by atoms with Gasteiger partial charge in [-0.05, 0) is 37.5 Å². The average Bonchev–Trinajstić information content (AvgIpc) is 3.32. The van der Waals surface area contributed by atoms with Gasteiger partial charge in [-0.2, -0.15) is 0 Å². The molecule has 3 heterocycles. The molecule has 1 aliphatic rings. The monoisotopic (exact) mass is 351 g/mol. The normalized spacial score (nSPS) is 14.0. The van der Waals surface area contributed by atoms with E-state index in [1.54, 1.807) is 13.3 Å². The fourth-order valence-corrected chi connectivity index (χ4v) is 3.20. The fraction of sp³-hybridized carbons (Fsp3) is 0.316. The zero-order valence-electron chi connectivity index (χ0n) is 14.9. The molecule has 0 spiro atoms. The van der Waals surface area contributed by atoms with Crippen molar-refractivity contribution < 1.29 is 9.53 Å². The maximum Gasteiger partial charge on any atom is 0.321 e. The molecule has 0 atom stereocenters. The Labute approximate surface area is 151 Å². The topological polar surface area (TPSA) is 71.8 Å². The molecule has 2 aromatic heterocycles. The van der Waals surface area contributed by atoms with Crippen molar-refractivity contribution in [3.8, 4) is 17.0 Å². The number of rotatable bonds is 3. The summed E-state index contributed by atoms with van der Waals surface area (Å²) in [5.74, 6) is 1.27. The molecule has 0 aliphatic carbocycles. The van der Waals surface area contributed by atoms with Gasteiger partial charge in [0.05, 0.1) is 25.2 Å². The van der Waals surface area contributed by atoms with Crippen LogP contribution in [-0.2, 0) is 0 Å². The fourth-order valence-electron chi connectivity index (χ4n) is 3.20.